The minimum atomic E-state index is -1.36. The maximum absolute atomic E-state index is 12.2. The van der Waals surface area contributed by atoms with Gasteiger partial charge in [0.05, 0.1) is 17.9 Å². The Morgan fingerprint density at radius 3 is 2.52 bits per heavy atom. The van der Waals surface area contributed by atoms with Gasteiger partial charge in [-0.25, -0.2) is 19.6 Å². The Kier molecular flexibility index (Phi) is 5.52. The van der Waals surface area contributed by atoms with E-state index in [-0.39, 0.29) is 11.9 Å². The minimum absolute atomic E-state index is 0.163. The van der Waals surface area contributed by atoms with Gasteiger partial charge in [0.1, 0.15) is 27.9 Å². The van der Waals surface area contributed by atoms with Gasteiger partial charge >= 0.3 is 17.9 Å². The Morgan fingerprint density at radius 1 is 1.28 bits per heavy atom. The molecular formula is C15H17N3O6S. The molecule has 3 N–H and O–H groups in total. The molecule has 2 heterocycles. The maximum Gasteiger partial charge on any atom is 0.348 e. The van der Waals surface area contributed by atoms with Gasteiger partial charge in [-0.3, -0.25) is 4.79 Å². The fourth-order valence-corrected chi connectivity index (χ4v) is 3.21. The van der Waals surface area contributed by atoms with E-state index in [2.05, 4.69) is 15.3 Å². The normalized spacial score (nSPS) is 12.2. The van der Waals surface area contributed by atoms with Crippen LogP contribution in [-0.2, 0) is 14.3 Å². The molecule has 0 aliphatic heterocycles. The number of carboxylic acid groups (broad SMARTS) is 2. The van der Waals surface area contributed by atoms with Crippen molar-refractivity contribution in [1.29, 1.82) is 0 Å². The molecule has 0 radical (unpaired) electrons. The number of fused-ring (bicyclic) bond motifs is 1. The summed E-state index contributed by atoms with van der Waals surface area (Å²) in [4.78, 5) is 43.2. The number of carbonyl (C=O) groups excluding carboxylic acids is 1. The summed E-state index contributed by atoms with van der Waals surface area (Å²) in [6, 6.07) is -1.36. The SMILES string of the molecule is Cc1c(C(=O)OC(C)C)sc2ncnc(NC(CC(=O)O)C(=O)O)c12. The Labute approximate surface area is 146 Å². The van der Waals surface area contributed by atoms with Crippen molar-refractivity contribution in [2.45, 2.75) is 39.3 Å². The van der Waals surface area contributed by atoms with Crippen LogP contribution in [0.5, 0.6) is 0 Å². The van der Waals surface area contributed by atoms with Crippen molar-refractivity contribution in [2.75, 3.05) is 5.32 Å². The van der Waals surface area contributed by atoms with Gasteiger partial charge in [0, 0.05) is 0 Å². The first-order valence-corrected chi connectivity index (χ1v) is 8.18. The van der Waals surface area contributed by atoms with E-state index < -0.39 is 30.4 Å². The second-order valence-electron chi connectivity index (χ2n) is 5.55. The number of aliphatic carboxylic acids is 2. The third kappa shape index (κ3) is 4.21. The molecule has 0 saturated carbocycles. The first-order valence-electron chi connectivity index (χ1n) is 7.37. The van der Waals surface area contributed by atoms with E-state index in [1.807, 2.05) is 0 Å². The number of hydrogen-bond donors (Lipinski definition) is 3. The van der Waals surface area contributed by atoms with Crippen LogP contribution >= 0.6 is 11.3 Å². The summed E-state index contributed by atoms with van der Waals surface area (Å²) in [6.45, 7) is 5.14. The number of aryl methyl sites for hydroxylation is 1. The predicted octanol–water partition coefficient (Wildman–Crippen LogP) is 1.90. The molecule has 0 amide bonds. The van der Waals surface area contributed by atoms with Gasteiger partial charge in [-0.1, -0.05) is 0 Å². The summed E-state index contributed by atoms with van der Waals surface area (Å²) >= 11 is 1.11. The van der Waals surface area contributed by atoms with Crippen LogP contribution in [0, 0.1) is 6.92 Å². The zero-order valence-electron chi connectivity index (χ0n) is 13.8. The van der Waals surface area contributed by atoms with Crippen LogP contribution in [0.4, 0.5) is 5.82 Å². The van der Waals surface area contributed by atoms with Gasteiger partial charge in [-0.05, 0) is 26.3 Å². The van der Waals surface area contributed by atoms with Crippen molar-refractivity contribution in [3.05, 3.63) is 16.8 Å². The highest BCUT2D eigenvalue weighted by molar-refractivity contribution is 7.20. The molecule has 2 aromatic heterocycles. The molecule has 1 atom stereocenters. The number of hydrogen-bond acceptors (Lipinski definition) is 8. The molecule has 0 fully saturated rings. The van der Waals surface area contributed by atoms with E-state index in [1.165, 1.54) is 6.33 Å². The fraction of sp³-hybridized carbons (Fsp3) is 0.400. The van der Waals surface area contributed by atoms with Crippen molar-refractivity contribution in [1.82, 2.24) is 9.97 Å². The molecule has 0 aromatic carbocycles. The zero-order chi connectivity index (χ0) is 18.7. The summed E-state index contributed by atoms with van der Waals surface area (Å²) < 4.78 is 5.19. The minimum Gasteiger partial charge on any atom is -0.481 e. The standard InChI is InChI=1S/C15H17N3O6S/c1-6(2)24-15(23)11-7(3)10-12(16-5-17-13(10)25-11)18-8(14(21)22)4-9(19)20/h5-6,8H,4H2,1-3H3,(H,19,20)(H,21,22)(H,16,17,18). The van der Waals surface area contributed by atoms with Gasteiger partial charge in [0.2, 0.25) is 0 Å². The highest BCUT2D eigenvalue weighted by Gasteiger charge is 2.25. The number of rotatable bonds is 7. The molecule has 10 heteroatoms. The summed E-state index contributed by atoms with van der Waals surface area (Å²) in [5.41, 5.74) is 0.549. The third-order valence-corrected chi connectivity index (χ3v) is 4.42. The van der Waals surface area contributed by atoms with E-state index in [9.17, 15) is 19.5 Å². The monoisotopic (exact) mass is 367 g/mol. The number of aromatic nitrogens is 2. The quantitative estimate of drug-likeness (QED) is 0.626. The van der Waals surface area contributed by atoms with Crippen LogP contribution in [0.3, 0.4) is 0 Å². The third-order valence-electron chi connectivity index (χ3n) is 3.24. The highest BCUT2D eigenvalue weighted by atomic mass is 32.1. The second kappa shape index (κ2) is 7.43. The van der Waals surface area contributed by atoms with Crippen molar-refractivity contribution < 1.29 is 29.3 Å². The van der Waals surface area contributed by atoms with Gasteiger partial charge in [-0.15, -0.1) is 11.3 Å². The Morgan fingerprint density at radius 2 is 1.96 bits per heavy atom. The molecule has 0 aliphatic rings. The van der Waals surface area contributed by atoms with Crippen LogP contribution < -0.4 is 5.32 Å². The van der Waals surface area contributed by atoms with Crippen molar-refractivity contribution in [2.24, 2.45) is 0 Å². The zero-order valence-corrected chi connectivity index (χ0v) is 14.6. The van der Waals surface area contributed by atoms with Gasteiger partial charge < -0.3 is 20.3 Å². The summed E-state index contributed by atoms with van der Waals surface area (Å²) in [6.07, 6.45) is 0.317. The van der Waals surface area contributed by atoms with Crippen LogP contribution in [0.25, 0.3) is 10.2 Å². The summed E-state index contributed by atoms with van der Waals surface area (Å²) in [5.74, 6) is -2.91. The number of nitrogens with zero attached hydrogens (tertiary/aromatic N) is 2. The first-order chi connectivity index (χ1) is 11.7. The molecule has 9 nitrogen and oxygen atoms in total. The highest BCUT2D eigenvalue weighted by Crippen LogP contribution is 2.34. The number of ether oxygens (including phenoxy) is 1. The molecule has 25 heavy (non-hydrogen) atoms. The van der Waals surface area contributed by atoms with Crippen LogP contribution in [-0.4, -0.2) is 50.2 Å². The lowest BCUT2D eigenvalue weighted by Gasteiger charge is -2.13. The molecule has 0 aliphatic carbocycles. The number of thiophene rings is 1. The van der Waals surface area contributed by atoms with Crippen LogP contribution in [0.2, 0.25) is 0 Å². The van der Waals surface area contributed by atoms with Gasteiger partial charge in [-0.2, -0.15) is 0 Å². The van der Waals surface area contributed by atoms with E-state index in [0.717, 1.165) is 11.3 Å². The molecular weight excluding hydrogens is 350 g/mol. The fourth-order valence-electron chi connectivity index (χ4n) is 2.18. The average molecular weight is 367 g/mol. The number of esters is 1. The predicted molar refractivity (Wildman–Crippen MR) is 90.0 cm³/mol. The van der Waals surface area contributed by atoms with E-state index >= 15 is 0 Å². The topological polar surface area (TPSA) is 139 Å². The number of nitrogens with one attached hydrogen (secondary N) is 1. The lowest BCUT2D eigenvalue weighted by atomic mass is 10.1. The number of carbonyl (C=O) groups is 3. The second-order valence-corrected chi connectivity index (χ2v) is 6.54. The van der Waals surface area contributed by atoms with Gasteiger partial charge in [0.25, 0.3) is 0 Å². The van der Waals surface area contributed by atoms with Crippen LogP contribution in [0.1, 0.15) is 35.5 Å². The van der Waals surface area contributed by atoms with Crippen LogP contribution in [0.15, 0.2) is 6.33 Å². The molecule has 0 bridgehead atoms. The molecule has 2 aromatic rings. The van der Waals surface area contributed by atoms with Crippen molar-refractivity contribution >= 4 is 45.3 Å². The van der Waals surface area contributed by atoms with E-state index in [1.54, 1.807) is 20.8 Å². The Balaban J connectivity index is 2.44. The summed E-state index contributed by atoms with van der Waals surface area (Å²) in [7, 11) is 0. The first kappa shape index (κ1) is 18.6. The summed E-state index contributed by atoms with van der Waals surface area (Å²) in [5, 5.41) is 21.1. The molecule has 0 spiro atoms. The Hall–Kier alpha value is -2.75. The molecule has 2 rings (SSSR count). The lowest BCUT2D eigenvalue weighted by Crippen LogP contribution is -2.32. The molecule has 0 saturated heterocycles. The van der Waals surface area contributed by atoms with Gasteiger partial charge in [0.15, 0.2) is 0 Å². The smallest absolute Gasteiger partial charge is 0.348 e. The van der Waals surface area contributed by atoms with E-state index in [4.69, 9.17) is 9.84 Å². The molecule has 1 unspecified atom stereocenters. The average Bonchev–Trinajstić information content (AvgIpc) is 2.83. The largest absolute Gasteiger partial charge is 0.481 e. The lowest BCUT2D eigenvalue weighted by molar-refractivity contribution is -0.144. The number of anilines is 1. The van der Waals surface area contributed by atoms with Crippen molar-refractivity contribution in [3.63, 3.8) is 0 Å². The molecule has 134 valence electrons. The van der Waals surface area contributed by atoms with E-state index in [0.29, 0.717) is 20.7 Å². The maximum atomic E-state index is 12.2. The number of carboxylic acids is 2. The van der Waals surface area contributed by atoms with Crippen molar-refractivity contribution in [3.8, 4) is 0 Å². The Bertz CT molecular complexity index is 832.